The summed E-state index contributed by atoms with van der Waals surface area (Å²) >= 11 is 0. The molecule has 0 aromatic heterocycles. The SMILES string of the molecule is Cc1cccc(/C=C2/N=C(C3CC3)OC2=O)c1. The van der Waals surface area contributed by atoms with Gasteiger partial charge in [0, 0.05) is 5.92 Å². The van der Waals surface area contributed by atoms with Gasteiger partial charge in [-0.25, -0.2) is 9.79 Å². The molecule has 0 radical (unpaired) electrons. The molecular formula is C14H13NO2. The fourth-order valence-electron chi connectivity index (χ4n) is 1.85. The lowest BCUT2D eigenvalue weighted by molar-refractivity contribution is -0.130. The van der Waals surface area contributed by atoms with E-state index in [4.69, 9.17) is 4.74 Å². The first-order chi connectivity index (χ1) is 8.22. The van der Waals surface area contributed by atoms with Gasteiger partial charge in [-0.1, -0.05) is 29.8 Å². The molecule has 0 N–H and O–H groups in total. The van der Waals surface area contributed by atoms with Crippen LogP contribution in [0.15, 0.2) is 35.0 Å². The lowest BCUT2D eigenvalue weighted by Gasteiger charge is -1.95. The number of carbonyl (C=O) groups is 1. The van der Waals surface area contributed by atoms with Crippen molar-refractivity contribution in [1.29, 1.82) is 0 Å². The Morgan fingerprint density at radius 3 is 2.94 bits per heavy atom. The van der Waals surface area contributed by atoms with Crippen molar-refractivity contribution in [3.8, 4) is 0 Å². The Hall–Kier alpha value is -1.90. The van der Waals surface area contributed by atoms with Gasteiger partial charge < -0.3 is 4.74 Å². The summed E-state index contributed by atoms with van der Waals surface area (Å²) in [5, 5.41) is 0. The Balaban J connectivity index is 1.90. The number of benzene rings is 1. The van der Waals surface area contributed by atoms with Crippen LogP contribution in [0, 0.1) is 12.8 Å². The Bertz CT molecular complexity index is 539. The molecule has 3 nitrogen and oxygen atoms in total. The van der Waals surface area contributed by atoms with Crippen LogP contribution in [-0.2, 0) is 9.53 Å². The smallest absolute Gasteiger partial charge is 0.363 e. The lowest BCUT2D eigenvalue weighted by Crippen LogP contribution is -2.05. The first kappa shape index (κ1) is 10.3. The minimum absolute atomic E-state index is 0.326. The zero-order chi connectivity index (χ0) is 11.8. The summed E-state index contributed by atoms with van der Waals surface area (Å²) in [6, 6.07) is 7.96. The van der Waals surface area contributed by atoms with Gasteiger partial charge in [-0.15, -0.1) is 0 Å². The van der Waals surface area contributed by atoms with Crippen LogP contribution in [0.2, 0.25) is 0 Å². The highest BCUT2D eigenvalue weighted by atomic mass is 16.6. The maximum absolute atomic E-state index is 11.6. The van der Waals surface area contributed by atoms with Gasteiger partial charge in [0.05, 0.1) is 0 Å². The minimum atomic E-state index is -0.326. The van der Waals surface area contributed by atoms with Gasteiger partial charge in [0.15, 0.2) is 5.70 Å². The Morgan fingerprint density at radius 1 is 1.41 bits per heavy atom. The molecule has 0 saturated heterocycles. The first-order valence-electron chi connectivity index (χ1n) is 5.81. The van der Waals surface area contributed by atoms with E-state index in [2.05, 4.69) is 4.99 Å². The van der Waals surface area contributed by atoms with Gasteiger partial charge in [-0.3, -0.25) is 0 Å². The number of hydrogen-bond donors (Lipinski definition) is 0. The average molecular weight is 227 g/mol. The highest BCUT2D eigenvalue weighted by Gasteiger charge is 2.35. The van der Waals surface area contributed by atoms with Gasteiger partial charge in [0.2, 0.25) is 5.90 Å². The summed E-state index contributed by atoms with van der Waals surface area (Å²) in [4.78, 5) is 15.9. The number of cyclic esters (lactones) is 1. The van der Waals surface area contributed by atoms with E-state index in [0.29, 0.717) is 17.5 Å². The van der Waals surface area contributed by atoms with Crippen LogP contribution >= 0.6 is 0 Å². The topological polar surface area (TPSA) is 38.7 Å². The summed E-state index contributed by atoms with van der Waals surface area (Å²) in [6.45, 7) is 2.02. The van der Waals surface area contributed by atoms with Gasteiger partial charge in [-0.05, 0) is 31.4 Å². The van der Waals surface area contributed by atoms with Crippen molar-refractivity contribution in [2.24, 2.45) is 10.9 Å². The second-order valence-corrected chi connectivity index (χ2v) is 4.56. The lowest BCUT2D eigenvalue weighted by atomic mass is 10.1. The van der Waals surface area contributed by atoms with Crippen LogP contribution in [0.5, 0.6) is 0 Å². The van der Waals surface area contributed by atoms with E-state index in [1.165, 1.54) is 0 Å². The Kier molecular flexibility index (Phi) is 2.32. The van der Waals surface area contributed by atoms with Crippen molar-refractivity contribution in [3.05, 3.63) is 41.1 Å². The number of esters is 1. The summed E-state index contributed by atoms with van der Waals surface area (Å²) < 4.78 is 5.14. The highest BCUT2D eigenvalue weighted by Crippen LogP contribution is 2.34. The third-order valence-corrected chi connectivity index (χ3v) is 2.91. The number of nitrogens with zero attached hydrogens (tertiary/aromatic N) is 1. The number of carbonyl (C=O) groups excluding carboxylic acids is 1. The van der Waals surface area contributed by atoms with E-state index < -0.39 is 0 Å². The second-order valence-electron chi connectivity index (χ2n) is 4.56. The molecule has 0 unspecified atom stereocenters. The standard InChI is InChI=1S/C14H13NO2/c1-9-3-2-4-10(7-9)8-12-14(16)17-13(15-12)11-5-6-11/h2-4,7-8,11H,5-6H2,1H3/b12-8+. The van der Waals surface area contributed by atoms with Crippen molar-refractivity contribution in [3.63, 3.8) is 0 Å². The molecule has 1 aromatic carbocycles. The van der Waals surface area contributed by atoms with Crippen LogP contribution in [0.4, 0.5) is 0 Å². The van der Waals surface area contributed by atoms with Crippen molar-refractivity contribution in [2.45, 2.75) is 19.8 Å². The zero-order valence-electron chi connectivity index (χ0n) is 9.64. The van der Waals surface area contributed by atoms with Gasteiger partial charge in [-0.2, -0.15) is 0 Å². The van der Waals surface area contributed by atoms with E-state index >= 15 is 0 Å². The molecule has 0 amide bonds. The molecule has 1 aliphatic carbocycles. The van der Waals surface area contributed by atoms with Crippen molar-refractivity contribution >= 4 is 17.9 Å². The van der Waals surface area contributed by atoms with E-state index in [0.717, 1.165) is 24.0 Å². The fraction of sp³-hybridized carbons (Fsp3) is 0.286. The monoisotopic (exact) mass is 227 g/mol. The molecule has 0 bridgehead atoms. The molecule has 1 aliphatic heterocycles. The number of ether oxygens (including phenoxy) is 1. The zero-order valence-corrected chi connectivity index (χ0v) is 9.64. The predicted molar refractivity (Wildman–Crippen MR) is 65.4 cm³/mol. The summed E-state index contributed by atoms with van der Waals surface area (Å²) in [6.07, 6.45) is 3.96. The van der Waals surface area contributed by atoms with Crippen LogP contribution in [0.25, 0.3) is 6.08 Å². The molecule has 1 fully saturated rings. The predicted octanol–water partition coefficient (Wildman–Crippen LogP) is 2.70. The largest absolute Gasteiger partial charge is 0.406 e. The molecule has 17 heavy (non-hydrogen) atoms. The van der Waals surface area contributed by atoms with E-state index in [1.807, 2.05) is 31.2 Å². The summed E-state index contributed by atoms with van der Waals surface area (Å²) in [7, 11) is 0. The number of rotatable bonds is 2. The quantitative estimate of drug-likeness (QED) is 0.575. The van der Waals surface area contributed by atoms with E-state index in [-0.39, 0.29) is 5.97 Å². The van der Waals surface area contributed by atoms with Gasteiger partial charge >= 0.3 is 5.97 Å². The molecular weight excluding hydrogens is 214 g/mol. The number of aliphatic imine (C=N–C) groups is 1. The fourth-order valence-corrected chi connectivity index (χ4v) is 1.85. The minimum Gasteiger partial charge on any atom is -0.406 e. The average Bonchev–Trinajstić information content (AvgIpc) is 3.06. The second kappa shape index (κ2) is 3.84. The van der Waals surface area contributed by atoms with Crippen molar-refractivity contribution in [1.82, 2.24) is 0 Å². The number of hydrogen-bond acceptors (Lipinski definition) is 3. The van der Waals surface area contributed by atoms with E-state index in [1.54, 1.807) is 6.08 Å². The van der Waals surface area contributed by atoms with Crippen molar-refractivity contribution < 1.29 is 9.53 Å². The molecule has 2 aliphatic rings. The van der Waals surface area contributed by atoms with E-state index in [9.17, 15) is 4.79 Å². The Morgan fingerprint density at radius 2 is 2.24 bits per heavy atom. The molecule has 0 spiro atoms. The molecule has 86 valence electrons. The van der Waals surface area contributed by atoms with Gasteiger partial charge in [0.25, 0.3) is 0 Å². The third kappa shape index (κ3) is 2.13. The molecule has 1 aromatic rings. The highest BCUT2D eigenvalue weighted by molar-refractivity contribution is 6.08. The molecule has 3 rings (SSSR count). The Labute approximate surface area is 99.8 Å². The maximum atomic E-state index is 11.6. The molecule has 1 heterocycles. The number of aryl methyl sites for hydroxylation is 1. The summed E-state index contributed by atoms with van der Waals surface area (Å²) in [5.41, 5.74) is 2.56. The van der Waals surface area contributed by atoms with Crippen LogP contribution < -0.4 is 0 Å². The maximum Gasteiger partial charge on any atom is 0.363 e. The molecule has 0 atom stereocenters. The van der Waals surface area contributed by atoms with Crippen LogP contribution in [0.1, 0.15) is 24.0 Å². The van der Waals surface area contributed by atoms with Crippen molar-refractivity contribution in [2.75, 3.05) is 0 Å². The normalized spacial score (nSPS) is 21.6. The molecule has 1 saturated carbocycles. The third-order valence-electron chi connectivity index (χ3n) is 2.91. The van der Waals surface area contributed by atoms with Crippen LogP contribution in [0.3, 0.4) is 0 Å². The first-order valence-corrected chi connectivity index (χ1v) is 5.81. The van der Waals surface area contributed by atoms with Gasteiger partial charge in [0.1, 0.15) is 0 Å². The molecule has 3 heteroatoms. The van der Waals surface area contributed by atoms with Crippen LogP contribution in [-0.4, -0.2) is 11.9 Å². The summed E-state index contributed by atoms with van der Waals surface area (Å²) in [5.74, 6) is 0.657.